The summed E-state index contributed by atoms with van der Waals surface area (Å²) in [5.74, 6) is -0.459. The van der Waals surface area contributed by atoms with Gasteiger partial charge in [0.1, 0.15) is 11.5 Å². The zero-order valence-corrected chi connectivity index (χ0v) is 16.6. The molecule has 0 aliphatic heterocycles. The molecule has 0 bridgehead atoms. The summed E-state index contributed by atoms with van der Waals surface area (Å²) < 4.78 is 15.6. The van der Waals surface area contributed by atoms with Gasteiger partial charge in [-0.15, -0.1) is 0 Å². The van der Waals surface area contributed by atoms with Crippen molar-refractivity contribution in [3.63, 3.8) is 0 Å². The van der Waals surface area contributed by atoms with Crippen molar-refractivity contribution < 1.29 is 28.6 Å². The maximum atomic E-state index is 11.8. The van der Waals surface area contributed by atoms with Gasteiger partial charge in [0.05, 0.1) is 12.2 Å². The predicted octanol–water partition coefficient (Wildman–Crippen LogP) is 2.09. The van der Waals surface area contributed by atoms with Crippen LogP contribution < -0.4 is 20.3 Å². The molecule has 0 aliphatic rings. The van der Waals surface area contributed by atoms with Gasteiger partial charge in [0, 0.05) is 0 Å². The molecule has 0 atom stereocenters. The fourth-order valence-electron chi connectivity index (χ4n) is 2.27. The molecule has 0 heterocycles. The molecule has 2 amide bonds. The third-order valence-electron chi connectivity index (χ3n) is 3.78. The molecule has 154 valence electrons. The van der Waals surface area contributed by atoms with Gasteiger partial charge in [-0.25, -0.2) is 4.79 Å². The monoisotopic (exact) mass is 400 g/mol. The molecule has 0 spiro atoms. The summed E-state index contributed by atoms with van der Waals surface area (Å²) in [6, 6.07) is 11.9. The highest BCUT2D eigenvalue weighted by molar-refractivity contribution is 5.89. The first-order valence-electron chi connectivity index (χ1n) is 9.06. The van der Waals surface area contributed by atoms with E-state index in [1.54, 1.807) is 19.1 Å². The van der Waals surface area contributed by atoms with E-state index >= 15 is 0 Å². The van der Waals surface area contributed by atoms with Crippen molar-refractivity contribution in [2.24, 2.45) is 0 Å². The number of benzene rings is 2. The lowest BCUT2D eigenvalue weighted by atomic mass is 10.1. The van der Waals surface area contributed by atoms with Crippen LogP contribution in [-0.2, 0) is 14.3 Å². The summed E-state index contributed by atoms with van der Waals surface area (Å²) in [7, 11) is 0. The first-order chi connectivity index (χ1) is 13.9. The van der Waals surface area contributed by atoms with Crippen molar-refractivity contribution in [3.05, 3.63) is 59.2 Å². The van der Waals surface area contributed by atoms with E-state index in [1.807, 2.05) is 32.0 Å². The number of esters is 1. The topological polar surface area (TPSA) is 103 Å². The Morgan fingerprint density at radius 1 is 0.862 bits per heavy atom. The number of carbonyl (C=O) groups excluding carboxylic acids is 3. The van der Waals surface area contributed by atoms with Gasteiger partial charge in [-0.1, -0.05) is 12.1 Å². The Balaban J connectivity index is 1.70. The molecule has 0 unspecified atom stereocenters. The molecule has 0 aromatic heterocycles. The number of hydrazine groups is 1. The van der Waals surface area contributed by atoms with Crippen LogP contribution in [0.15, 0.2) is 42.5 Å². The third kappa shape index (κ3) is 7.17. The number of carbonyl (C=O) groups is 3. The number of amides is 2. The lowest BCUT2D eigenvalue weighted by Gasteiger charge is -2.11. The lowest BCUT2D eigenvalue weighted by Crippen LogP contribution is -2.45. The first kappa shape index (κ1) is 21.7. The summed E-state index contributed by atoms with van der Waals surface area (Å²) in [6.07, 6.45) is 0. The van der Waals surface area contributed by atoms with E-state index in [0.717, 1.165) is 11.1 Å². The van der Waals surface area contributed by atoms with Crippen LogP contribution in [0.25, 0.3) is 0 Å². The fraction of sp³-hybridized carbons (Fsp3) is 0.286. The zero-order chi connectivity index (χ0) is 21.2. The van der Waals surface area contributed by atoms with Gasteiger partial charge in [0.15, 0.2) is 13.2 Å². The number of hydrogen-bond donors (Lipinski definition) is 2. The van der Waals surface area contributed by atoms with Crippen LogP contribution in [0.4, 0.5) is 0 Å². The van der Waals surface area contributed by atoms with Crippen molar-refractivity contribution >= 4 is 17.8 Å². The Hall–Kier alpha value is -3.55. The molecule has 0 fully saturated rings. The van der Waals surface area contributed by atoms with Crippen LogP contribution in [0.3, 0.4) is 0 Å². The Morgan fingerprint density at radius 2 is 1.48 bits per heavy atom. The van der Waals surface area contributed by atoms with Gasteiger partial charge >= 0.3 is 5.97 Å². The first-order valence-corrected chi connectivity index (χ1v) is 9.06. The molecule has 8 heteroatoms. The van der Waals surface area contributed by atoms with Gasteiger partial charge in [-0.3, -0.25) is 20.4 Å². The third-order valence-corrected chi connectivity index (χ3v) is 3.78. The van der Waals surface area contributed by atoms with Crippen molar-refractivity contribution in [3.8, 4) is 11.5 Å². The van der Waals surface area contributed by atoms with Gasteiger partial charge < -0.3 is 14.2 Å². The highest BCUT2D eigenvalue weighted by atomic mass is 16.5. The molecular weight excluding hydrogens is 376 g/mol. The molecule has 2 aromatic carbocycles. The molecule has 0 saturated heterocycles. The van der Waals surface area contributed by atoms with Crippen molar-refractivity contribution in [2.75, 3.05) is 19.8 Å². The van der Waals surface area contributed by atoms with Gasteiger partial charge in [-0.2, -0.15) is 0 Å². The van der Waals surface area contributed by atoms with Crippen LogP contribution in [0.1, 0.15) is 28.4 Å². The van der Waals surface area contributed by atoms with Crippen LogP contribution in [0.2, 0.25) is 0 Å². The molecular formula is C21H24N2O6. The quantitative estimate of drug-likeness (QED) is 0.520. The Labute approximate surface area is 169 Å². The second-order valence-electron chi connectivity index (χ2n) is 6.19. The molecule has 2 aromatic rings. The highest BCUT2D eigenvalue weighted by Crippen LogP contribution is 2.18. The summed E-state index contributed by atoms with van der Waals surface area (Å²) in [5.41, 5.74) is 6.82. The summed E-state index contributed by atoms with van der Waals surface area (Å²) in [5, 5.41) is 0. The van der Waals surface area contributed by atoms with Crippen LogP contribution in [0.5, 0.6) is 11.5 Å². The van der Waals surface area contributed by atoms with E-state index < -0.39 is 17.8 Å². The summed E-state index contributed by atoms with van der Waals surface area (Å²) in [6.45, 7) is 5.28. The predicted molar refractivity (Wildman–Crippen MR) is 106 cm³/mol. The van der Waals surface area contributed by atoms with E-state index in [2.05, 4.69) is 10.9 Å². The molecule has 2 N–H and O–H groups in total. The molecule has 0 aliphatic carbocycles. The molecule has 29 heavy (non-hydrogen) atoms. The van der Waals surface area contributed by atoms with Crippen LogP contribution in [-0.4, -0.2) is 37.6 Å². The van der Waals surface area contributed by atoms with Gasteiger partial charge in [0.2, 0.25) is 0 Å². The molecule has 0 radical (unpaired) electrons. The number of hydrogen-bond acceptors (Lipinski definition) is 6. The number of rotatable bonds is 8. The van der Waals surface area contributed by atoms with Gasteiger partial charge in [0.25, 0.3) is 11.8 Å². The number of aryl methyl sites for hydroxylation is 2. The Kier molecular flexibility index (Phi) is 8.02. The minimum atomic E-state index is -0.542. The van der Waals surface area contributed by atoms with E-state index in [-0.39, 0.29) is 13.2 Å². The largest absolute Gasteiger partial charge is 0.484 e. The second-order valence-corrected chi connectivity index (χ2v) is 6.19. The minimum absolute atomic E-state index is 0.235. The van der Waals surface area contributed by atoms with E-state index in [9.17, 15) is 14.4 Å². The van der Waals surface area contributed by atoms with E-state index in [4.69, 9.17) is 14.2 Å². The maximum absolute atomic E-state index is 11.8. The average Bonchev–Trinajstić information content (AvgIpc) is 2.72. The fourth-order valence-corrected chi connectivity index (χ4v) is 2.27. The van der Waals surface area contributed by atoms with Crippen LogP contribution in [0, 0.1) is 13.8 Å². The normalized spacial score (nSPS) is 10.0. The van der Waals surface area contributed by atoms with Gasteiger partial charge in [-0.05, 0) is 62.2 Å². The smallest absolute Gasteiger partial charge is 0.338 e. The number of nitrogens with one attached hydrogen (secondary N) is 2. The average molecular weight is 400 g/mol. The minimum Gasteiger partial charge on any atom is -0.484 e. The summed E-state index contributed by atoms with van der Waals surface area (Å²) in [4.78, 5) is 35.2. The van der Waals surface area contributed by atoms with E-state index in [1.165, 1.54) is 12.1 Å². The van der Waals surface area contributed by atoms with E-state index in [0.29, 0.717) is 23.7 Å². The second kappa shape index (κ2) is 10.7. The standard InChI is InChI=1S/C21H24N2O6/c1-4-27-21(26)16-7-9-17(10-8-16)28-12-19(24)22-23-20(25)13-29-18-11-14(2)5-6-15(18)3/h5-11H,4,12-13H2,1-3H3,(H,22,24)(H,23,25). The zero-order valence-electron chi connectivity index (χ0n) is 16.6. The Bertz CT molecular complexity index is 864. The highest BCUT2D eigenvalue weighted by Gasteiger charge is 2.09. The van der Waals surface area contributed by atoms with Crippen molar-refractivity contribution in [2.45, 2.75) is 20.8 Å². The summed E-state index contributed by atoms with van der Waals surface area (Å²) >= 11 is 0. The van der Waals surface area contributed by atoms with Crippen molar-refractivity contribution in [1.29, 1.82) is 0 Å². The SMILES string of the molecule is CCOC(=O)c1ccc(OCC(=O)NNC(=O)COc2cc(C)ccc2C)cc1. The van der Waals surface area contributed by atoms with Crippen molar-refractivity contribution in [1.82, 2.24) is 10.9 Å². The van der Waals surface area contributed by atoms with Crippen LogP contribution >= 0.6 is 0 Å². The molecule has 8 nitrogen and oxygen atoms in total. The number of ether oxygens (including phenoxy) is 3. The maximum Gasteiger partial charge on any atom is 0.338 e. The Morgan fingerprint density at radius 3 is 2.10 bits per heavy atom. The lowest BCUT2D eigenvalue weighted by molar-refractivity contribution is -0.131. The molecule has 2 rings (SSSR count). The molecule has 0 saturated carbocycles.